The lowest BCUT2D eigenvalue weighted by atomic mass is 9.87. The van der Waals surface area contributed by atoms with E-state index >= 15 is 0 Å². The summed E-state index contributed by atoms with van der Waals surface area (Å²) in [6.45, 7) is 4.99. The number of rotatable bonds is 5. The highest BCUT2D eigenvalue weighted by Gasteiger charge is 2.26. The third-order valence-electron chi connectivity index (χ3n) is 6.61. The quantitative estimate of drug-likeness (QED) is 0.675. The van der Waals surface area contributed by atoms with Gasteiger partial charge in [0.05, 0.1) is 12.3 Å². The van der Waals surface area contributed by atoms with Gasteiger partial charge in [-0.2, -0.15) is 0 Å². The molecule has 5 nitrogen and oxygen atoms in total. The third kappa shape index (κ3) is 3.60. The second-order valence-corrected chi connectivity index (χ2v) is 8.67. The van der Waals surface area contributed by atoms with E-state index in [1.54, 1.807) is 6.26 Å². The van der Waals surface area contributed by atoms with Crippen molar-refractivity contribution in [2.45, 2.75) is 45.1 Å². The molecule has 1 aliphatic carbocycles. The summed E-state index contributed by atoms with van der Waals surface area (Å²) in [6.07, 6.45) is 7.56. The van der Waals surface area contributed by atoms with Crippen molar-refractivity contribution in [1.29, 1.82) is 0 Å². The number of carbonyl (C=O) groups excluding carboxylic acids is 1. The smallest absolute Gasteiger partial charge is 0.251 e. The van der Waals surface area contributed by atoms with Gasteiger partial charge in [0.25, 0.3) is 5.91 Å². The molecular weight excluding hydrogens is 362 g/mol. The van der Waals surface area contributed by atoms with Crippen molar-refractivity contribution in [3.8, 4) is 0 Å². The van der Waals surface area contributed by atoms with Crippen molar-refractivity contribution in [3.05, 3.63) is 59.2 Å². The van der Waals surface area contributed by atoms with Gasteiger partial charge in [0, 0.05) is 28.7 Å². The molecule has 1 amide bonds. The fraction of sp³-hybridized carbons (Fsp3) is 0.458. The van der Waals surface area contributed by atoms with Crippen LogP contribution < -0.4 is 5.32 Å². The molecule has 5 heteroatoms. The number of aromatic nitrogens is 1. The van der Waals surface area contributed by atoms with Gasteiger partial charge in [-0.3, -0.25) is 9.69 Å². The topological polar surface area (TPSA) is 61.3 Å². The molecule has 5 rings (SSSR count). The number of amides is 1. The average molecular weight is 392 g/mol. The van der Waals surface area contributed by atoms with E-state index in [-0.39, 0.29) is 11.9 Å². The van der Waals surface area contributed by atoms with Gasteiger partial charge in [-0.25, -0.2) is 0 Å². The summed E-state index contributed by atoms with van der Waals surface area (Å²) in [5.41, 5.74) is 4.63. The van der Waals surface area contributed by atoms with Gasteiger partial charge in [0.2, 0.25) is 0 Å². The van der Waals surface area contributed by atoms with Crippen LogP contribution in [0.1, 0.15) is 59.6 Å². The fourth-order valence-electron chi connectivity index (χ4n) is 4.97. The van der Waals surface area contributed by atoms with Crippen molar-refractivity contribution in [2.75, 3.05) is 19.6 Å². The number of hydrogen-bond donors (Lipinski definition) is 2. The molecule has 3 heterocycles. The first-order valence-corrected chi connectivity index (χ1v) is 10.9. The highest BCUT2D eigenvalue weighted by Crippen LogP contribution is 2.32. The number of nitrogens with zero attached hydrogens (tertiary/aromatic N) is 1. The highest BCUT2D eigenvalue weighted by atomic mass is 16.3. The van der Waals surface area contributed by atoms with Crippen LogP contribution in [0.15, 0.2) is 41.0 Å². The number of furan rings is 1. The molecule has 2 aliphatic rings. The zero-order chi connectivity index (χ0) is 19.8. The molecule has 1 aromatic carbocycles. The summed E-state index contributed by atoms with van der Waals surface area (Å²) in [5, 5.41) is 4.37. The van der Waals surface area contributed by atoms with Gasteiger partial charge in [0.15, 0.2) is 0 Å². The Hall–Kier alpha value is -2.53. The van der Waals surface area contributed by atoms with Crippen molar-refractivity contribution < 1.29 is 9.21 Å². The standard InChI is InChI=1S/C24H29N3O2/c1-16-6-8-20-18(13-16)19-14-17(7-9-21(19)26-20)24(28)25-15-22(23-5-4-12-29-23)27-10-2-3-11-27/h4-5,7,9,12,14,16,22,26H,2-3,6,8,10-11,13,15H2,1H3,(H,25,28)/t16-,22+/m0/s1. The second kappa shape index (κ2) is 7.71. The fourth-order valence-corrected chi connectivity index (χ4v) is 4.97. The third-order valence-corrected chi connectivity index (χ3v) is 6.61. The molecule has 0 spiro atoms. The molecule has 2 atom stereocenters. The molecule has 0 radical (unpaired) electrons. The number of nitrogens with one attached hydrogen (secondary N) is 2. The molecular formula is C24H29N3O2. The second-order valence-electron chi connectivity index (χ2n) is 8.67. The first-order valence-electron chi connectivity index (χ1n) is 10.9. The molecule has 152 valence electrons. The molecule has 0 bridgehead atoms. The summed E-state index contributed by atoms with van der Waals surface area (Å²) in [5.74, 6) is 1.62. The minimum absolute atomic E-state index is 0.0125. The van der Waals surface area contributed by atoms with Crippen LogP contribution in [0.2, 0.25) is 0 Å². The normalized spacial score (nSPS) is 20.7. The molecule has 0 unspecified atom stereocenters. The van der Waals surface area contributed by atoms with E-state index < -0.39 is 0 Å². The largest absolute Gasteiger partial charge is 0.468 e. The summed E-state index contributed by atoms with van der Waals surface area (Å²) in [4.78, 5) is 18.9. The van der Waals surface area contributed by atoms with Crippen molar-refractivity contribution >= 4 is 16.8 Å². The lowest BCUT2D eigenvalue weighted by Gasteiger charge is -2.26. The van der Waals surface area contributed by atoms with Gasteiger partial charge in [0.1, 0.15) is 5.76 Å². The van der Waals surface area contributed by atoms with E-state index in [0.717, 1.165) is 42.8 Å². The Morgan fingerprint density at radius 3 is 2.97 bits per heavy atom. The van der Waals surface area contributed by atoms with Crippen LogP contribution in [0.3, 0.4) is 0 Å². The van der Waals surface area contributed by atoms with E-state index in [9.17, 15) is 4.79 Å². The zero-order valence-electron chi connectivity index (χ0n) is 17.0. The van der Waals surface area contributed by atoms with E-state index in [0.29, 0.717) is 12.5 Å². The Balaban J connectivity index is 1.35. The molecule has 29 heavy (non-hydrogen) atoms. The predicted molar refractivity (Wildman–Crippen MR) is 114 cm³/mol. The average Bonchev–Trinajstić information content (AvgIpc) is 3.49. The van der Waals surface area contributed by atoms with Crippen LogP contribution >= 0.6 is 0 Å². The Labute approximate surface area is 171 Å². The molecule has 2 aromatic heterocycles. The van der Waals surface area contributed by atoms with Gasteiger partial charge in [-0.05, 0) is 87.0 Å². The first kappa shape index (κ1) is 18.5. The highest BCUT2D eigenvalue weighted by molar-refractivity contribution is 5.99. The number of likely N-dealkylation sites (tertiary alicyclic amines) is 1. The zero-order valence-corrected chi connectivity index (χ0v) is 17.0. The molecule has 2 N–H and O–H groups in total. The van der Waals surface area contributed by atoms with Crippen LogP contribution in [0.25, 0.3) is 10.9 Å². The first-order chi connectivity index (χ1) is 14.2. The Morgan fingerprint density at radius 1 is 1.31 bits per heavy atom. The Kier molecular flexibility index (Phi) is 4.92. The van der Waals surface area contributed by atoms with Crippen LogP contribution in [0, 0.1) is 5.92 Å². The number of fused-ring (bicyclic) bond motifs is 3. The predicted octanol–water partition coefficient (Wildman–Crippen LogP) is 4.45. The molecule has 0 saturated carbocycles. The summed E-state index contributed by atoms with van der Waals surface area (Å²) in [6, 6.07) is 10.1. The number of H-pyrrole nitrogens is 1. The molecule has 3 aromatic rings. The van der Waals surface area contributed by atoms with Crippen LogP contribution in [0.5, 0.6) is 0 Å². The number of hydrogen-bond acceptors (Lipinski definition) is 3. The van der Waals surface area contributed by atoms with E-state index in [4.69, 9.17) is 4.42 Å². The van der Waals surface area contributed by atoms with E-state index in [1.807, 2.05) is 18.2 Å². The number of benzene rings is 1. The maximum atomic E-state index is 13.0. The number of aromatic amines is 1. The summed E-state index contributed by atoms with van der Waals surface area (Å²) >= 11 is 0. The maximum absolute atomic E-state index is 13.0. The number of aryl methyl sites for hydroxylation is 1. The lowest BCUT2D eigenvalue weighted by Crippen LogP contribution is -2.36. The summed E-state index contributed by atoms with van der Waals surface area (Å²) < 4.78 is 5.67. The van der Waals surface area contributed by atoms with Gasteiger partial charge >= 0.3 is 0 Å². The lowest BCUT2D eigenvalue weighted by molar-refractivity contribution is 0.0934. The van der Waals surface area contributed by atoms with Gasteiger partial charge in [-0.1, -0.05) is 6.92 Å². The monoisotopic (exact) mass is 391 g/mol. The van der Waals surface area contributed by atoms with Crippen LogP contribution in [0.4, 0.5) is 0 Å². The van der Waals surface area contributed by atoms with Crippen molar-refractivity contribution in [2.24, 2.45) is 5.92 Å². The van der Waals surface area contributed by atoms with Crippen molar-refractivity contribution in [3.63, 3.8) is 0 Å². The molecule has 1 aliphatic heterocycles. The molecule has 1 fully saturated rings. The minimum Gasteiger partial charge on any atom is -0.468 e. The van der Waals surface area contributed by atoms with Gasteiger partial charge in [-0.15, -0.1) is 0 Å². The Morgan fingerprint density at radius 2 is 2.17 bits per heavy atom. The van der Waals surface area contributed by atoms with Crippen molar-refractivity contribution in [1.82, 2.24) is 15.2 Å². The van der Waals surface area contributed by atoms with E-state index in [2.05, 4.69) is 34.3 Å². The van der Waals surface area contributed by atoms with Crippen LogP contribution in [-0.2, 0) is 12.8 Å². The van der Waals surface area contributed by atoms with Gasteiger partial charge < -0.3 is 14.7 Å². The molecule has 1 saturated heterocycles. The van der Waals surface area contributed by atoms with Crippen LogP contribution in [-0.4, -0.2) is 35.4 Å². The van der Waals surface area contributed by atoms with E-state index in [1.165, 1.54) is 35.9 Å². The SMILES string of the molecule is C[C@H]1CCc2[nH]c3ccc(C(=O)NC[C@H](c4ccco4)N4CCCC4)cc3c2C1. The Bertz CT molecular complexity index is 999. The number of carbonyl (C=O) groups is 1. The maximum Gasteiger partial charge on any atom is 0.251 e. The minimum atomic E-state index is -0.0125. The summed E-state index contributed by atoms with van der Waals surface area (Å²) in [7, 11) is 0.